The van der Waals surface area contributed by atoms with Crippen LogP contribution in [0.3, 0.4) is 0 Å². The topological polar surface area (TPSA) is 110 Å². The fourth-order valence-corrected chi connectivity index (χ4v) is 2.25. The molecule has 0 radical (unpaired) electrons. The van der Waals surface area contributed by atoms with Crippen LogP contribution in [0.5, 0.6) is 0 Å². The highest BCUT2D eigenvalue weighted by molar-refractivity contribution is 8.00. The molecule has 1 aromatic rings. The Morgan fingerprint density at radius 3 is 2.33 bits per heavy atom. The first-order valence-electron chi connectivity index (χ1n) is 6.20. The zero-order valence-electron chi connectivity index (χ0n) is 11.6. The average molecular weight is 312 g/mol. The molecule has 0 bridgehead atoms. The minimum Gasteiger partial charge on any atom is -0.480 e. The number of hydrogen-bond donors (Lipinski definition) is 2. The van der Waals surface area contributed by atoms with E-state index >= 15 is 0 Å². The van der Waals surface area contributed by atoms with E-state index in [9.17, 15) is 19.7 Å². The number of nitro benzene ring substituents is 1. The number of carbonyl (C=O) groups excluding carboxylic acids is 1. The summed E-state index contributed by atoms with van der Waals surface area (Å²) < 4.78 is 0. The standard InChI is InChI=1S/C13H16N2O5S/c1-8(2)12(13(17)18)14-11(16)7-21-10-5-3-9(4-6-10)15(19)20/h3-6,8,12H,7H2,1-2H3,(H,14,16)(H,17,18)/t12-/m0/s1. The summed E-state index contributed by atoms with van der Waals surface area (Å²) in [5.74, 6) is -1.62. The van der Waals surface area contributed by atoms with E-state index in [1.165, 1.54) is 23.9 Å². The Balaban J connectivity index is 2.52. The van der Waals surface area contributed by atoms with Gasteiger partial charge in [0, 0.05) is 17.0 Å². The summed E-state index contributed by atoms with van der Waals surface area (Å²) in [6.45, 7) is 3.42. The minimum absolute atomic E-state index is 0.0189. The van der Waals surface area contributed by atoms with Gasteiger partial charge in [-0.05, 0) is 18.1 Å². The van der Waals surface area contributed by atoms with Gasteiger partial charge in [0.15, 0.2) is 0 Å². The normalized spacial score (nSPS) is 12.0. The molecule has 0 unspecified atom stereocenters. The van der Waals surface area contributed by atoms with Crippen molar-refractivity contribution in [2.45, 2.75) is 24.8 Å². The second kappa shape index (κ2) is 7.63. The van der Waals surface area contributed by atoms with Gasteiger partial charge in [0.05, 0.1) is 10.7 Å². The quantitative estimate of drug-likeness (QED) is 0.452. The summed E-state index contributed by atoms with van der Waals surface area (Å²) >= 11 is 1.19. The van der Waals surface area contributed by atoms with Gasteiger partial charge in [0.1, 0.15) is 6.04 Å². The molecule has 1 aromatic carbocycles. The fourth-order valence-electron chi connectivity index (χ4n) is 1.54. The molecule has 21 heavy (non-hydrogen) atoms. The van der Waals surface area contributed by atoms with Crippen LogP contribution in [0, 0.1) is 16.0 Å². The molecule has 0 fully saturated rings. The first-order chi connectivity index (χ1) is 9.81. The van der Waals surface area contributed by atoms with Crippen LogP contribution < -0.4 is 5.32 Å². The van der Waals surface area contributed by atoms with Gasteiger partial charge in [-0.3, -0.25) is 14.9 Å². The van der Waals surface area contributed by atoms with E-state index in [0.29, 0.717) is 4.90 Å². The Labute approximate surface area is 125 Å². The first kappa shape index (κ1) is 17.0. The van der Waals surface area contributed by atoms with Crippen LogP contribution in [0.25, 0.3) is 0 Å². The second-order valence-electron chi connectivity index (χ2n) is 4.67. The number of carboxylic acid groups (broad SMARTS) is 1. The van der Waals surface area contributed by atoms with Crippen molar-refractivity contribution in [2.24, 2.45) is 5.92 Å². The molecular formula is C13H16N2O5S. The summed E-state index contributed by atoms with van der Waals surface area (Å²) in [6.07, 6.45) is 0. The number of nitrogens with zero attached hydrogens (tertiary/aromatic N) is 1. The molecule has 1 rings (SSSR count). The van der Waals surface area contributed by atoms with Crippen molar-refractivity contribution < 1.29 is 19.6 Å². The van der Waals surface area contributed by atoms with Crippen LogP contribution in [0.4, 0.5) is 5.69 Å². The molecular weight excluding hydrogens is 296 g/mol. The van der Waals surface area contributed by atoms with Crippen molar-refractivity contribution in [3.63, 3.8) is 0 Å². The average Bonchev–Trinajstić information content (AvgIpc) is 2.42. The Hall–Kier alpha value is -2.09. The molecule has 0 saturated carbocycles. The smallest absolute Gasteiger partial charge is 0.326 e. The fraction of sp³-hybridized carbons (Fsp3) is 0.385. The van der Waals surface area contributed by atoms with E-state index in [-0.39, 0.29) is 23.3 Å². The molecule has 0 aliphatic rings. The summed E-state index contributed by atoms with van der Waals surface area (Å²) in [7, 11) is 0. The lowest BCUT2D eigenvalue weighted by molar-refractivity contribution is -0.384. The number of aliphatic carboxylic acids is 1. The molecule has 0 heterocycles. The number of rotatable bonds is 7. The van der Waals surface area contributed by atoms with Crippen LogP contribution in [0.1, 0.15) is 13.8 Å². The zero-order valence-corrected chi connectivity index (χ0v) is 12.4. The zero-order chi connectivity index (χ0) is 16.0. The van der Waals surface area contributed by atoms with Crippen molar-refractivity contribution >= 4 is 29.3 Å². The van der Waals surface area contributed by atoms with E-state index in [1.807, 2.05) is 0 Å². The van der Waals surface area contributed by atoms with Crippen molar-refractivity contribution in [2.75, 3.05) is 5.75 Å². The third-order valence-corrected chi connectivity index (χ3v) is 3.68. The Kier molecular flexibility index (Phi) is 6.16. The first-order valence-corrected chi connectivity index (χ1v) is 7.19. The number of thioether (sulfide) groups is 1. The highest BCUT2D eigenvalue weighted by atomic mass is 32.2. The SMILES string of the molecule is CC(C)[C@H](NC(=O)CSc1ccc([N+](=O)[O-])cc1)C(=O)O. The van der Waals surface area contributed by atoms with Gasteiger partial charge in [-0.1, -0.05) is 13.8 Å². The number of nitro groups is 1. The van der Waals surface area contributed by atoms with E-state index in [1.54, 1.807) is 26.0 Å². The van der Waals surface area contributed by atoms with Crippen LogP contribution in [0.2, 0.25) is 0 Å². The van der Waals surface area contributed by atoms with Gasteiger partial charge in [-0.25, -0.2) is 4.79 Å². The Bertz CT molecular complexity index is 530. The number of nitrogens with one attached hydrogen (secondary N) is 1. The van der Waals surface area contributed by atoms with Crippen molar-refractivity contribution in [1.82, 2.24) is 5.32 Å². The molecule has 0 saturated heterocycles. The maximum atomic E-state index is 11.7. The lowest BCUT2D eigenvalue weighted by atomic mass is 10.1. The monoisotopic (exact) mass is 312 g/mol. The number of carbonyl (C=O) groups is 2. The van der Waals surface area contributed by atoms with E-state index in [2.05, 4.69) is 5.32 Å². The largest absolute Gasteiger partial charge is 0.480 e. The van der Waals surface area contributed by atoms with Gasteiger partial charge in [0.25, 0.3) is 5.69 Å². The second-order valence-corrected chi connectivity index (χ2v) is 5.72. The van der Waals surface area contributed by atoms with Crippen molar-refractivity contribution in [3.05, 3.63) is 34.4 Å². The molecule has 1 amide bonds. The molecule has 8 heteroatoms. The van der Waals surface area contributed by atoms with E-state index < -0.39 is 16.9 Å². The maximum Gasteiger partial charge on any atom is 0.326 e. The number of benzene rings is 1. The minimum atomic E-state index is -1.07. The van der Waals surface area contributed by atoms with Crippen molar-refractivity contribution in [3.8, 4) is 0 Å². The van der Waals surface area contributed by atoms with E-state index in [4.69, 9.17) is 5.11 Å². The van der Waals surface area contributed by atoms with Crippen LogP contribution in [-0.4, -0.2) is 33.7 Å². The van der Waals surface area contributed by atoms with E-state index in [0.717, 1.165) is 0 Å². The Morgan fingerprint density at radius 1 is 1.33 bits per heavy atom. The van der Waals surface area contributed by atoms with Gasteiger partial charge in [-0.15, -0.1) is 11.8 Å². The molecule has 0 aliphatic carbocycles. The third kappa shape index (κ3) is 5.42. The molecule has 114 valence electrons. The predicted molar refractivity (Wildman–Crippen MR) is 78.2 cm³/mol. The summed E-state index contributed by atoms with van der Waals surface area (Å²) in [6, 6.07) is 4.89. The molecule has 0 aromatic heterocycles. The molecule has 0 spiro atoms. The number of carboxylic acids is 1. The maximum absolute atomic E-state index is 11.7. The lowest BCUT2D eigenvalue weighted by Gasteiger charge is -2.17. The lowest BCUT2D eigenvalue weighted by Crippen LogP contribution is -2.45. The molecule has 1 atom stereocenters. The molecule has 2 N–H and O–H groups in total. The summed E-state index contributed by atoms with van der Waals surface area (Å²) in [5.41, 5.74) is -0.0189. The predicted octanol–water partition coefficient (Wildman–Crippen LogP) is 1.91. The van der Waals surface area contributed by atoms with Crippen LogP contribution >= 0.6 is 11.8 Å². The highest BCUT2D eigenvalue weighted by Gasteiger charge is 2.23. The third-order valence-electron chi connectivity index (χ3n) is 2.67. The van der Waals surface area contributed by atoms with Crippen LogP contribution in [0.15, 0.2) is 29.2 Å². The number of amides is 1. The van der Waals surface area contributed by atoms with Gasteiger partial charge >= 0.3 is 5.97 Å². The number of non-ortho nitro benzene ring substituents is 1. The molecule has 0 aliphatic heterocycles. The summed E-state index contributed by atoms with van der Waals surface area (Å²) in [4.78, 5) is 33.4. The van der Waals surface area contributed by atoms with Crippen molar-refractivity contribution in [1.29, 1.82) is 0 Å². The summed E-state index contributed by atoms with van der Waals surface area (Å²) in [5, 5.41) is 21.9. The van der Waals surface area contributed by atoms with Crippen LogP contribution in [-0.2, 0) is 9.59 Å². The highest BCUT2D eigenvalue weighted by Crippen LogP contribution is 2.21. The number of hydrogen-bond acceptors (Lipinski definition) is 5. The van der Waals surface area contributed by atoms with Gasteiger partial charge in [-0.2, -0.15) is 0 Å². The molecule has 7 nitrogen and oxygen atoms in total. The Morgan fingerprint density at radius 2 is 1.90 bits per heavy atom. The van der Waals surface area contributed by atoms with Gasteiger partial charge in [0.2, 0.25) is 5.91 Å². The van der Waals surface area contributed by atoms with Gasteiger partial charge < -0.3 is 10.4 Å².